The van der Waals surface area contributed by atoms with Gasteiger partial charge in [0.1, 0.15) is 0 Å². The van der Waals surface area contributed by atoms with E-state index < -0.39 is 0 Å². The predicted octanol–water partition coefficient (Wildman–Crippen LogP) is -6.60. The van der Waals surface area contributed by atoms with Crippen molar-refractivity contribution in [2.45, 2.75) is 0 Å². The first-order chi connectivity index (χ1) is 0. The van der Waals surface area contributed by atoms with Gasteiger partial charge in [0.25, 0.3) is 0 Å². The summed E-state index contributed by atoms with van der Waals surface area (Å²) in [6.07, 6.45) is 0. The molecule has 0 atom stereocenters. The second kappa shape index (κ2) is 682. The quantitative estimate of drug-likeness (QED) is 0.357. The van der Waals surface area contributed by atoms with E-state index in [1.54, 1.807) is 0 Å². The van der Waals surface area contributed by atoms with Gasteiger partial charge in [-0.15, -0.1) is 0 Å². The summed E-state index contributed by atoms with van der Waals surface area (Å²) in [4.78, 5) is 0. The van der Waals surface area contributed by atoms with Crippen LogP contribution >= 0.6 is 0 Å². The molecule has 8 nitrogen and oxygen atoms in total. The molecule has 0 aliphatic rings. The van der Waals surface area contributed by atoms with Crippen LogP contribution in [-0.2, 0) is 43.4 Å². The second-order valence-electron chi connectivity index (χ2n) is 0. The van der Waals surface area contributed by atoms with Gasteiger partial charge in [0.15, 0.2) is 0 Å². The fourth-order valence-corrected chi connectivity index (χ4v) is 0. The van der Waals surface area contributed by atoms with E-state index >= 15 is 0 Å². The molecule has 0 saturated carbocycles. The van der Waals surface area contributed by atoms with E-state index in [1.165, 1.54) is 0 Å². The van der Waals surface area contributed by atoms with Gasteiger partial charge in [0.2, 0.25) is 0 Å². The number of hydrogen-bond donors (Lipinski definition) is 0. The molecule has 0 amide bonds. The van der Waals surface area contributed by atoms with Gasteiger partial charge in [-0.3, -0.25) is 0 Å². The normalized spacial score (nSPS) is 0. The Morgan fingerprint density at radius 2 is 0.200 bits per heavy atom. The molecular formula is H16O8Ti2. The van der Waals surface area contributed by atoms with Gasteiger partial charge in [0, 0.05) is 43.4 Å². The molecule has 16 N–H and O–H groups in total. The molecule has 0 unspecified atom stereocenters. The van der Waals surface area contributed by atoms with Crippen LogP contribution < -0.4 is 0 Å². The van der Waals surface area contributed by atoms with Crippen LogP contribution in [0, 0.1) is 0 Å². The van der Waals surface area contributed by atoms with Crippen LogP contribution in [0.25, 0.3) is 0 Å². The molecular weight excluding hydrogens is 224 g/mol. The first kappa shape index (κ1) is 924. The van der Waals surface area contributed by atoms with Gasteiger partial charge in [-0.25, -0.2) is 0 Å². The van der Waals surface area contributed by atoms with Crippen LogP contribution in [0.4, 0.5) is 0 Å². The summed E-state index contributed by atoms with van der Waals surface area (Å²) >= 11 is 0. The summed E-state index contributed by atoms with van der Waals surface area (Å²) in [6.45, 7) is 0. The summed E-state index contributed by atoms with van der Waals surface area (Å²) in [5, 5.41) is 0. The van der Waals surface area contributed by atoms with Gasteiger partial charge in [0.05, 0.1) is 0 Å². The van der Waals surface area contributed by atoms with Crippen LogP contribution in [0.3, 0.4) is 0 Å². The van der Waals surface area contributed by atoms with Gasteiger partial charge in [-0.1, -0.05) is 0 Å². The van der Waals surface area contributed by atoms with Crippen molar-refractivity contribution in [3.63, 3.8) is 0 Å². The van der Waals surface area contributed by atoms with Crippen LogP contribution in [0.5, 0.6) is 0 Å². The molecule has 0 aromatic carbocycles. The van der Waals surface area contributed by atoms with E-state index in [4.69, 9.17) is 0 Å². The van der Waals surface area contributed by atoms with Crippen molar-refractivity contribution in [1.29, 1.82) is 0 Å². The molecule has 0 aliphatic carbocycles. The van der Waals surface area contributed by atoms with Crippen LogP contribution in [-0.4, -0.2) is 43.8 Å². The van der Waals surface area contributed by atoms with E-state index in [9.17, 15) is 0 Å². The van der Waals surface area contributed by atoms with Crippen LogP contribution in [0.2, 0.25) is 0 Å². The van der Waals surface area contributed by atoms with Crippen molar-refractivity contribution < 1.29 is 87.2 Å². The summed E-state index contributed by atoms with van der Waals surface area (Å²) < 4.78 is 0. The topological polar surface area (TPSA) is 252 Å². The fraction of sp³-hybridized carbons (Fsp3) is 0. The molecule has 0 heterocycles. The number of rotatable bonds is 0. The maximum atomic E-state index is 0. The Balaban J connectivity index is 0. The molecule has 0 rings (SSSR count). The predicted molar refractivity (Wildman–Crippen MR) is 28.9 cm³/mol. The average molecular weight is 240 g/mol. The van der Waals surface area contributed by atoms with Crippen molar-refractivity contribution >= 4 is 0 Å². The minimum Gasteiger partial charge on any atom is -0.412 e. The molecule has 72 valence electrons. The monoisotopic (exact) mass is 240 g/mol. The zero-order valence-electron chi connectivity index (χ0n) is 5.00. The Labute approximate surface area is 87.2 Å². The van der Waals surface area contributed by atoms with Gasteiger partial charge < -0.3 is 43.8 Å². The zero-order chi connectivity index (χ0) is 0. The van der Waals surface area contributed by atoms with Crippen LogP contribution in [0.1, 0.15) is 0 Å². The Kier molecular flexibility index (Phi) is 63000. The maximum Gasteiger partial charge on any atom is 0 e. The van der Waals surface area contributed by atoms with Gasteiger partial charge >= 0.3 is 0 Å². The molecule has 0 aromatic rings. The second-order valence-corrected chi connectivity index (χ2v) is 0. The number of hydrogen-bond acceptors (Lipinski definition) is 0. The van der Waals surface area contributed by atoms with E-state index in [0.29, 0.717) is 0 Å². The zero-order valence-corrected chi connectivity index (χ0v) is 8.12. The van der Waals surface area contributed by atoms with Crippen LogP contribution in [0.15, 0.2) is 0 Å². The first-order valence-electron chi connectivity index (χ1n) is 0. The standard InChI is InChI=1S/8H2O.2Ti/h8*1H2;;. The minimum absolute atomic E-state index is 0. The molecule has 10 heteroatoms. The van der Waals surface area contributed by atoms with E-state index in [0.717, 1.165) is 0 Å². The van der Waals surface area contributed by atoms with Gasteiger partial charge in [-0.2, -0.15) is 0 Å². The Bertz CT molecular complexity index is 7.22. The van der Waals surface area contributed by atoms with E-state index in [-0.39, 0.29) is 87.2 Å². The molecule has 0 radical (unpaired) electrons. The van der Waals surface area contributed by atoms with Crippen molar-refractivity contribution in [3.8, 4) is 0 Å². The smallest absolute Gasteiger partial charge is 0 e. The summed E-state index contributed by atoms with van der Waals surface area (Å²) in [5.41, 5.74) is 0. The third kappa shape index (κ3) is 487. The Hall–Kier alpha value is 1.11. The average Bonchev–Trinajstić information content (AvgIpc) is 0. The summed E-state index contributed by atoms with van der Waals surface area (Å²) in [6, 6.07) is 0. The fourth-order valence-electron chi connectivity index (χ4n) is 0. The summed E-state index contributed by atoms with van der Waals surface area (Å²) in [5.74, 6) is 0. The Morgan fingerprint density at radius 3 is 0.200 bits per heavy atom. The molecule has 0 aliphatic heterocycles. The third-order valence-electron chi connectivity index (χ3n) is 0. The molecule has 0 fully saturated rings. The van der Waals surface area contributed by atoms with Crippen molar-refractivity contribution in [2.24, 2.45) is 0 Å². The molecule has 10 heavy (non-hydrogen) atoms. The summed E-state index contributed by atoms with van der Waals surface area (Å²) in [7, 11) is 0. The minimum atomic E-state index is 0. The van der Waals surface area contributed by atoms with Crippen molar-refractivity contribution in [1.82, 2.24) is 0 Å². The van der Waals surface area contributed by atoms with E-state index in [1.807, 2.05) is 0 Å². The van der Waals surface area contributed by atoms with E-state index in [2.05, 4.69) is 0 Å². The third-order valence-corrected chi connectivity index (χ3v) is 0. The SMILES string of the molecule is O.O.O.O.O.O.O.O.[Ti].[Ti]. The largest absolute Gasteiger partial charge is 0.412 e. The molecule has 0 saturated heterocycles. The Morgan fingerprint density at radius 1 is 0.200 bits per heavy atom. The molecule has 0 spiro atoms. The first-order valence-corrected chi connectivity index (χ1v) is 0. The maximum absolute atomic E-state index is 0. The molecule has 0 aromatic heterocycles. The van der Waals surface area contributed by atoms with Gasteiger partial charge in [-0.05, 0) is 0 Å². The van der Waals surface area contributed by atoms with Crippen molar-refractivity contribution in [2.75, 3.05) is 0 Å². The molecule has 0 bridgehead atoms. The van der Waals surface area contributed by atoms with Crippen molar-refractivity contribution in [3.05, 3.63) is 0 Å².